The first kappa shape index (κ1) is 13.2. The van der Waals surface area contributed by atoms with Crippen LogP contribution >= 0.6 is 0 Å². The molecule has 2 aliphatic carbocycles. The molecule has 3 rings (SSSR count). The molecule has 1 fully saturated rings. The Kier molecular flexibility index (Phi) is 3.66. The third-order valence-electron chi connectivity index (χ3n) is 5.14. The van der Waals surface area contributed by atoms with E-state index in [0.717, 1.165) is 25.2 Å². The predicted octanol–water partition coefficient (Wildman–Crippen LogP) is 4.05. The molecule has 1 heteroatoms. The summed E-state index contributed by atoms with van der Waals surface area (Å²) >= 11 is 0. The second-order valence-corrected chi connectivity index (χ2v) is 6.89. The number of benzene rings is 1. The molecular formula is C18H26O. The molecule has 1 aromatic rings. The maximum Gasteiger partial charge on any atom is 0.0688 e. The van der Waals surface area contributed by atoms with Gasteiger partial charge in [0.1, 0.15) is 0 Å². The Balaban J connectivity index is 1.73. The highest BCUT2D eigenvalue weighted by molar-refractivity contribution is 5.35. The number of aryl methyl sites for hydroxylation is 2. The molecule has 0 saturated heterocycles. The van der Waals surface area contributed by atoms with Crippen LogP contribution in [0.2, 0.25) is 0 Å². The van der Waals surface area contributed by atoms with Crippen LogP contribution in [-0.2, 0) is 19.3 Å². The molecule has 0 heterocycles. The van der Waals surface area contributed by atoms with E-state index < -0.39 is 5.60 Å². The molecule has 1 nitrogen and oxygen atoms in total. The summed E-state index contributed by atoms with van der Waals surface area (Å²) in [6.45, 7) is 2.32. The van der Waals surface area contributed by atoms with Gasteiger partial charge in [0.15, 0.2) is 0 Å². The van der Waals surface area contributed by atoms with E-state index in [-0.39, 0.29) is 0 Å². The third kappa shape index (κ3) is 3.02. The Morgan fingerprint density at radius 3 is 2.84 bits per heavy atom. The van der Waals surface area contributed by atoms with Gasteiger partial charge in [0.2, 0.25) is 0 Å². The fourth-order valence-electron chi connectivity index (χ4n) is 3.86. The number of hydrogen-bond donors (Lipinski definition) is 1. The van der Waals surface area contributed by atoms with Crippen LogP contribution in [0.25, 0.3) is 0 Å². The van der Waals surface area contributed by atoms with Crippen molar-refractivity contribution in [1.29, 1.82) is 0 Å². The lowest BCUT2D eigenvalue weighted by molar-refractivity contribution is 0.0244. The van der Waals surface area contributed by atoms with Crippen molar-refractivity contribution < 1.29 is 5.11 Å². The molecule has 0 spiro atoms. The monoisotopic (exact) mass is 258 g/mol. The molecule has 1 N–H and O–H groups in total. The summed E-state index contributed by atoms with van der Waals surface area (Å²) in [6, 6.07) is 6.89. The molecule has 2 aliphatic rings. The minimum absolute atomic E-state index is 0.447. The summed E-state index contributed by atoms with van der Waals surface area (Å²) in [5, 5.41) is 10.9. The lowest BCUT2D eigenvalue weighted by atomic mass is 9.86. The van der Waals surface area contributed by atoms with Gasteiger partial charge >= 0.3 is 0 Å². The van der Waals surface area contributed by atoms with Gasteiger partial charge in [0, 0.05) is 6.42 Å². The quantitative estimate of drug-likeness (QED) is 0.793. The van der Waals surface area contributed by atoms with E-state index in [4.69, 9.17) is 0 Å². The Morgan fingerprint density at radius 1 is 1.11 bits per heavy atom. The zero-order valence-corrected chi connectivity index (χ0v) is 12.1. The van der Waals surface area contributed by atoms with Gasteiger partial charge in [-0.1, -0.05) is 38.0 Å². The second-order valence-electron chi connectivity index (χ2n) is 6.89. The Morgan fingerprint density at radius 2 is 1.95 bits per heavy atom. The average molecular weight is 258 g/mol. The van der Waals surface area contributed by atoms with Crippen molar-refractivity contribution in [2.75, 3.05) is 0 Å². The summed E-state index contributed by atoms with van der Waals surface area (Å²) < 4.78 is 0. The lowest BCUT2D eigenvalue weighted by Crippen LogP contribution is -2.30. The predicted molar refractivity (Wildman–Crippen MR) is 79.4 cm³/mol. The summed E-state index contributed by atoms with van der Waals surface area (Å²) in [7, 11) is 0. The van der Waals surface area contributed by atoms with Gasteiger partial charge in [-0.3, -0.25) is 0 Å². The van der Waals surface area contributed by atoms with Gasteiger partial charge in [0.05, 0.1) is 5.60 Å². The van der Waals surface area contributed by atoms with E-state index in [1.54, 1.807) is 0 Å². The smallest absolute Gasteiger partial charge is 0.0688 e. The van der Waals surface area contributed by atoms with E-state index in [2.05, 4.69) is 25.1 Å². The van der Waals surface area contributed by atoms with Crippen LogP contribution in [0.1, 0.15) is 62.1 Å². The Labute approximate surface area is 117 Å². The first-order valence-electron chi connectivity index (χ1n) is 7.98. The fourth-order valence-corrected chi connectivity index (χ4v) is 3.86. The molecule has 0 radical (unpaired) electrons. The zero-order chi connectivity index (χ0) is 13.3. The zero-order valence-electron chi connectivity index (χ0n) is 12.1. The van der Waals surface area contributed by atoms with Crippen LogP contribution in [0.15, 0.2) is 18.2 Å². The van der Waals surface area contributed by atoms with E-state index in [9.17, 15) is 5.11 Å². The minimum Gasteiger partial charge on any atom is -0.390 e. The summed E-state index contributed by atoms with van der Waals surface area (Å²) in [4.78, 5) is 0. The molecular weight excluding hydrogens is 232 g/mol. The van der Waals surface area contributed by atoms with Crippen molar-refractivity contribution in [3.8, 4) is 0 Å². The largest absolute Gasteiger partial charge is 0.390 e. The van der Waals surface area contributed by atoms with Crippen molar-refractivity contribution >= 4 is 0 Å². The molecule has 2 unspecified atom stereocenters. The van der Waals surface area contributed by atoms with Gasteiger partial charge in [-0.05, 0) is 61.1 Å². The highest BCUT2D eigenvalue weighted by Gasteiger charge is 2.30. The highest BCUT2D eigenvalue weighted by atomic mass is 16.3. The Bertz CT molecular complexity index is 451. The van der Waals surface area contributed by atoms with Gasteiger partial charge in [-0.25, -0.2) is 0 Å². The molecule has 19 heavy (non-hydrogen) atoms. The highest BCUT2D eigenvalue weighted by Crippen LogP contribution is 2.33. The van der Waals surface area contributed by atoms with Gasteiger partial charge in [-0.2, -0.15) is 0 Å². The fraction of sp³-hybridized carbons (Fsp3) is 0.667. The molecule has 2 atom stereocenters. The number of hydrogen-bond acceptors (Lipinski definition) is 1. The van der Waals surface area contributed by atoms with Crippen LogP contribution < -0.4 is 0 Å². The normalized spacial score (nSPS) is 30.9. The number of aliphatic hydroxyl groups is 1. The van der Waals surface area contributed by atoms with E-state index >= 15 is 0 Å². The minimum atomic E-state index is -0.447. The second kappa shape index (κ2) is 5.28. The number of rotatable bonds is 2. The van der Waals surface area contributed by atoms with Gasteiger partial charge in [-0.15, -0.1) is 0 Å². The van der Waals surface area contributed by atoms with Crippen LogP contribution in [0, 0.1) is 5.92 Å². The van der Waals surface area contributed by atoms with Crippen LogP contribution in [0.5, 0.6) is 0 Å². The summed E-state index contributed by atoms with van der Waals surface area (Å²) in [5.41, 5.74) is 3.96. The maximum atomic E-state index is 10.9. The molecule has 0 aliphatic heterocycles. The Hall–Kier alpha value is -0.820. The third-order valence-corrected chi connectivity index (χ3v) is 5.14. The molecule has 0 amide bonds. The SMILES string of the molecule is CC1CCCC(O)(Cc2ccc3c(c2)CCC3)CC1. The first-order chi connectivity index (χ1) is 9.15. The maximum absolute atomic E-state index is 10.9. The van der Waals surface area contributed by atoms with Crippen LogP contribution in [-0.4, -0.2) is 10.7 Å². The topological polar surface area (TPSA) is 20.2 Å². The molecule has 104 valence electrons. The van der Waals surface area contributed by atoms with Gasteiger partial charge < -0.3 is 5.11 Å². The van der Waals surface area contributed by atoms with Crippen LogP contribution in [0.3, 0.4) is 0 Å². The van der Waals surface area contributed by atoms with E-state index in [1.165, 1.54) is 55.2 Å². The summed E-state index contributed by atoms with van der Waals surface area (Å²) in [5.74, 6) is 0.786. The van der Waals surface area contributed by atoms with Crippen molar-refractivity contribution in [3.63, 3.8) is 0 Å². The standard InChI is InChI=1S/C18H26O/c1-14-4-3-10-18(19,11-9-14)13-15-7-8-16-5-2-6-17(16)12-15/h7-8,12,14,19H,2-6,9-11,13H2,1H3. The van der Waals surface area contributed by atoms with Crippen LogP contribution in [0.4, 0.5) is 0 Å². The molecule has 1 saturated carbocycles. The van der Waals surface area contributed by atoms with Crippen molar-refractivity contribution in [2.45, 2.75) is 70.3 Å². The lowest BCUT2D eigenvalue weighted by Gasteiger charge is -2.27. The average Bonchev–Trinajstić information content (AvgIpc) is 2.77. The van der Waals surface area contributed by atoms with E-state index in [0.29, 0.717) is 0 Å². The first-order valence-corrected chi connectivity index (χ1v) is 7.98. The number of fused-ring (bicyclic) bond motifs is 1. The van der Waals surface area contributed by atoms with Crippen molar-refractivity contribution in [3.05, 3.63) is 34.9 Å². The molecule has 1 aromatic carbocycles. The molecule has 0 bridgehead atoms. The van der Waals surface area contributed by atoms with E-state index in [1.807, 2.05) is 0 Å². The van der Waals surface area contributed by atoms with Gasteiger partial charge in [0.25, 0.3) is 0 Å². The summed E-state index contributed by atoms with van der Waals surface area (Å²) in [6.07, 6.45) is 10.2. The molecule has 0 aromatic heterocycles. The van der Waals surface area contributed by atoms with Crippen molar-refractivity contribution in [2.24, 2.45) is 5.92 Å². The van der Waals surface area contributed by atoms with Crippen molar-refractivity contribution in [1.82, 2.24) is 0 Å².